The van der Waals surface area contributed by atoms with E-state index in [9.17, 15) is 9.59 Å². The van der Waals surface area contributed by atoms with Crippen molar-refractivity contribution in [1.82, 2.24) is 4.57 Å². The van der Waals surface area contributed by atoms with E-state index in [1.165, 1.54) is 11.3 Å². The molecule has 1 aromatic heterocycles. The number of hydrogen-bond acceptors (Lipinski definition) is 5. The third-order valence-corrected chi connectivity index (χ3v) is 5.91. The number of nitrogens with zero attached hydrogens (tertiary/aromatic N) is 2. The molecule has 0 N–H and O–H groups in total. The Morgan fingerprint density at radius 1 is 1.10 bits per heavy atom. The molecule has 4 rings (SSSR count). The molecule has 1 aliphatic rings. The monoisotopic (exact) mass is 430 g/mol. The number of rotatable bonds is 5. The highest BCUT2D eigenvalue weighted by Crippen LogP contribution is 2.26. The van der Waals surface area contributed by atoms with Gasteiger partial charge in [-0.15, -0.1) is 0 Å². The van der Waals surface area contributed by atoms with Gasteiger partial charge < -0.3 is 4.74 Å². The van der Waals surface area contributed by atoms with Crippen LogP contribution in [0, 0.1) is 0 Å². The number of allylic oxidation sites excluding steroid dienone is 2. The molecular weight excluding hydrogens is 408 g/mol. The predicted octanol–water partition coefficient (Wildman–Crippen LogP) is 3.46. The zero-order valence-electron chi connectivity index (χ0n) is 17.3. The topological polar surface area (TPSA) is 60.7 Å². The number of carbonyl (C=O) groups excluding carboxylic acids is 1. The number of thiazole rings is 1. The minimum atomic E-state index is -0.589. The third-order valence-electron chi connectivity index (χ3n) is 4.93. The lowest BCUT2D eigenvalue weighted by Gasteiger charge is -2.21. The third kappa shape index (κ3) is 4.34. The standard InChI is InChI=1S/C25H22N2O3S/c1-3-30-24(29)22-17(2)26-25-27(20(22)15-14-18-10-6-4-7-11-18)23(28)21(31-25)16-19-12-8-5-9-13-19/h4-16,20H,3H2,1-2H3. The number of aromatic nitrogens is 1. The molecule has 1 atom stereocenters. The molecular formula is C25H22N2O3S. The van der Waals surface area contributed by atoms with Gasteiger partial charge in [0.05, 0.1) is 28.5 Å². The summed E-state index contributed by atoms with van der Waals surface area (Å²) in [5, 5.41) is 0. The lowest BCUT2D eigenvalue weighted by atomic mass is 10.0. The van der Waals surface area contributed by atoms with Gasteiger partial charge in [-0.1, -0.05) is 84.2 Å². The Morgan fingerprint density at radius 3 is 2.39 bits per heavy atom. The Labute approximate surface area is 184 Å². The molecule has 0 saturated heterocycles. The second-order valence-electron chi connectivity index (χ2n) is 7.03. The van der Waals surface area contributed by atoms with Crippen molar-refractivity contribution in [1.29, 1.82) is 0 Å². The number of esters is 1. The molecule has 0 saturated carbocycles. The van der Waals surface area contributed by atoms with Crippen molar-refractivity contribution in [2.75, 3.05) is 6.61 Å². The Morgan fingerprint density at radius 2 is 1.74 bits per heavy atom. The van der Waals surface area contributed by atoms with E-state index in [1.54, 1.807) is 18.4 Å². The maximum Gasteiger partial charge on any atom is 0.338 e. The lowest BCUT2D eigenvalue weighted by Crippen LogP contribution is -2.38. The van der Waals surface area contributed by atoms with Crippen LogP contribution in [0.25, 0.3) is 12.2 Å². The van der Waals surface area contributed by atoms with E-state index in [1.807, 2.05) is 78.9 Å². The van der Waals surface area contributed by atoms with Gasteiger partial charge in [0.15, 0.2) is 4.80 Å². The zero-order valence-corrected chi connectivity index (χ0v) is 18.1. The number of ether oxygens (including phenoxy) is 1. The number of carbonyl (C=O) groups is 1. The number of benzene rings is 2. The van der Waals surface area contributed by atoms with Crippen LogP contribution in [0.5, 0.6) is 0 Å². The molecule has 0 spiro atoms. The van der Waals surface area contributed by atoms with Crippen LogP contribution < -0.4 is 14.9 Å². The Kier molecular flexibility index (Phi) is 6.09. The highest BCUT2D eigenvalue weighted by atomic mass is 32.1. The molecule has 156 valence electrons. The molecule has 0 fully saturated rings. The van der Waals surface area contributed by atoms with Gasteiger partial charge in [0.1, 0.15) is 0 Å². The van der Waals surface area contributed by atoms with Gasteiger partial charge >= 0.3 is 5.97 Å². The predicted molar refractivity (Wildman–Crippen MR) is 123 cm³/mol. The van der Waals surface area contributed by atoms with Crippen LogP contribution in [-0.4, -0.2) is 17.1 Å². The fourth-order valence-corrected chi connectivity index (χ4v) is 4.54. The van der Waals surface area contributed by atoms with Crippen molar-refractivity contribution in [3.63, 3.8) is 0 Å². The summed E-state index contributed by atoms with van der Waals surface area (Å²) in [6, 6.07) is 18.9. The molecule has 31 heavy (non-hydrogen) atoms. The Balaban J connectivity index is 1.88. The molecule has 0 amide bonds. The molecule has 0 radical (unpaired) electrons. The average molecular weight is 431 g/mol. The van der Waals surface area contributed by atoms with Crippen LogP contribution in [0.3, 0.4) is 0 Å². The lowest BCUT2D eigenvalue weighted by molar-refractivity contribution is -0.139. The molecule has 1 unspecified atom stereocenters. The fourth-order valence-electron chi connectivity index (χ4n) is 3.48. The quantitative estimate of drug-likeness (QED) is 0.583. The van der Waals surface area contributed by atoms with Gasteiger partial charge in [0, 0.05) is 0 Å². The van der Waals surface area contributed by atoms with Crippen LogP contribution in [0.4, 0.5) is 0 Å². The second kappa shape index (κ2) is 9.10. The van der Waals surface area contributed by atoms with Gasteiger partial charge in [0.25, 0.3) is 5.56 Å². The van der Waals surface area contributed by atoms with Crippen molar-refractivity contribution in [3.8, 4) is 0 Å². The van der Waals surface area contributed by atoms with Gasteiger partial charge in [-0.3, -0.25) is 9.36 Å². The summed E-state index contributed by atoms with van der Waals surface area (Å²) in [6.45, 7) is 3.80. The van der Waals surface area contributed by atoms with Crippen LogP contribution in [0.2, 0.25) is 0 Å². The maximum absolute atomic E-state index is 13.3. The van der Waals surface area contributed by atoms with Crippen molar-refractivity contribution in [2.45, 2.75) is 19.9 Å². The van der Waals surface area contributed by atoms with Crippen LogP contribution >= 0.6 is 11.3 Å². The first-order valence-corrected chi connectivity index (χ1v) is 10.9. The summed E-state index contributed by atoms with van der Waals surface area (Å²) in [7, 11) is 0. The highest BCUT2D eigenvalue weighted by Gasteiger charge is 2.30. The number of fused-ring (bicyclic) bond motifs is 1. The van der Waals surface area contributed by atoms with Gasteiger partial charge in [-0.05, 0) is 31.1 Å². The van der Waals surface area contributed by atoms with E-state index < -0.39 is 12.0 Å². The number of hydrogen-bond donors (Lipinski definition) is 0. The van der Waals surface area contributed by atoms with E-state index in [-0.39, 0.29) is 12.2 Å². The zero-order chi connectivity index (χ0) is 21.8. The molecule has 6 heteroatoms. The van der Waals surface area contributed by atoms with Crippen molar-refractivity contribution < 1.29 is 9.53 Å². The van der Waals surface area contributed by atoms with Gasteiger partial charge in [-0.2, -0.15) is 0 Å². The molecule has 2 aromatic carbocycles. The van der Waals surface area contributed by atoms with E-state index in [0.717, 1.165) is 11.1 Å². The minimum Gasteiger partial charge on any atom is -0.463 e. The van der Waals surface area contributed by atoms with Gasteiger partial charge in [-0.25, -0.2) is 9.79 Å². The Hall–Kier alpha value is -3.51. The summed E-state index contributed by atoms with van der Waals surface area (Å²) in [4.78, 5) is 31.2. The van der Waals surface area contributed by atoms with Crippen LogP contribution in [-0.2, 0) is 9.53 Å². The highest BCUT2D eigenvalue weighted by molar-refractivity contribution is 7.07. The van der Waals surface area contributed by atoms with Crippen molar-refractivity contribution in [3.05, 3.63) is 109 Å². The fraction of sp³-hybridized carbons (Fsp3) is 0.160. The second-order valence-corrected chi connectivity index (χ2v) is 8.03. The molecule has 0 aliphatic carbocycles. The van der Waals surface area contributed by atoms with Gasteiger partial charge in [0.2, 0.25) is 0 Å². The van der Waals surface area contributed by atoms with Crippen LogP contribution in [0.1, 0.15) is 31.0 Å². The normalized spacial score (nSPS) is 16.3. The van der Waals surface area contributed by atoms with E-state index in [0.29, 0.717) is 20.6 Å². The smallest absolute Gasteiger partial charge is 0.338 e. The van der Waals surface area contributed by atoms with E-state index in [2.05, 4.69) is 4.99 Å². The summed E-state index contributed by atoms with van der Waals surface area (Å²) < 4.78 is 7.43. The molecule has 2 heterocycles. The minimum absolute atomic E-state index is 0.176. The molecule has 5 nitrogen and oxygen atoms in total. The first kappa shape index (κ1) is 20.8. The molecule has 3 aromatic rings. The first-order valence-electron chi connectivity index (χ1n) is 10.1. The average Bonchev–Trinajstić information content (AvgIpc) is 3.08. The summed E-state index contributed by atoms with van der Waals surface area (Å²) in [5.74, 6) is -0.455. The largest absolute Gasteiger partial charge is 0.463 e. The molecule has 0 bridgehead atoms. The molecule has 1 aliphatic heterocycles. The first-order chi connectivity index (χ1) is 15.1. The van der Waals surface area contributed by atoms with E-state index >= 15 is 0 Å². The van der Waals surface area contributed by atoms with E-state index in [4.69, 9.17) is 4.74 Å². The Bertz CT molecular complexity index is 1330. The maximum atomic E-state index is 13.3. The van der Waals surface area contributed by atoms with Crippen molar-refractivity contribution in [2.24, 2.45) is 4.99 Å². The van der Waals surface area contributed by atoms with Crippen LogP contribution in [0.15, 0.2) is 87.8 Å². The SMILES string of the molecule is CCOC(=O)C1=C(C)N=c2sc(=Cc3ccccc3)c(=O)n2C1C=Cc1ccccc1. The summed E-state index contributed by atoms with van der Waals surface area (Å²) >= 11 is 1.32. The summed E-state index contributed by atoms with van der Waals surface area (Å²) in [6.07, 6.45) is 5.63. The summed E-state index contributed by atoms with van der Waals surface area (Å²) in [5.41, 5.74) is 2.68. The van der Waals surface area contributed by atoms with Crippen molar-refractivity contribution >= 4 is 29.5 Å².